The summed E-state index contributed by atoms with van der Waals surface area (Å²) in [6.45, 7) is 3.65. The van der Waals surface area contributed by atoms with E-state index in [2.05, 4.69) is 4.74 Å². The number of carbonyl (C=O) groups is 1. The van der Waals surface area contributed by atoms with E-state index in [1.54, 1.807) is 6.92 Å². The summed E-state index contributed by atoms with van der Waals surface area (Å²) < 4.78 is 4.40. The van der Waals surface area contributed by atoms with Gasteiger partial charge in [0.05, 0.1) is 6.61 Å². The maximum Gasteiger partial charge on any atom is 0.302 e. The van der Waals surface area contributed by atoms with Crippen LogP contribution in [0.1, 0.15) is 13.8 Å². The average molecular weight is 120 g/mol. The molecule has 0 aromatic carbocycles. The summed E-state index contributed by atoms with van der Waals surface area (Å²) in [6, 6.07) is 0. The van der Waals surface area contributed by atoms with E-state index in [0.717, 1.165) is 7.11 Å². The van der Waals surface area contributed by atoms with Gasteiger partial charge in [0.15, 0.2) is 0 Å². The van der Waals surface area contributed by atoms with Gasteiger partial charge in [-0.05, 0) is 6.92 Å². The molecule has 0 amide bonds. The first kappa shape index (κ1) is 10.4. The van der Waals surface area contributed by atoms with Crippen LogP contribution in [0.2, 0.25) is 0 Å². The molecule has 0 saturated carbocycles. The van der Waals surface area contributed by atoms with Crippen LogP contribution in [0.5, 0.6) is 0 Å². The Morgan fingerprint density at radius 2 is 2.00 bits per heavy atom. The van der Waals surface area contributed by atoms with Crippen LogP contribution in [-0.4, -0.2) is 24.8 Å². The summed E-state index contributed by atoms with van der Waals surface area (Å²) in [5.74, 6) is -0.211. The standard InChI is InChI=1S/C4H8O2.CH4O/c1-3-6-4(2)5;1-2/h3H2,1-2H3;2H,1H3. The third-order valence-electron chi connectivity index (χ3n) is 0.348. The Morgan fingerprint density at radius 3 is 2.00 bits per heavy atom. The Morgan fingerprint density at radius 1 is 1.62 bits per heavy atom. The summed E-state index contributed by atoms with van der Waals surface area (Å²) >= 11 is 0. The Kier molecular flexibility index (Phi) is 12.6. The summed E-state index contributed by atoms with van der Waals surface area (Å²) in [5.41, 5.74) is 0. The molecule has 0 aliphatic rings. The highest BCUT2D eigenvalue weighted by molar-refractivity contribution is 5.65. The average Bonchev–Trinajstić information content (AvgIpc) is 1.72. The van der Waals surface area contributed by atoms with Crippen LogP contribution < -0.4 is 0 Å². The van der Waals surface area contributed by atoms with E-state index in [-0.39, 0.29) is 5.97 Å². The Balaban J connectivity index is 0. The lowest BCUT2D eigenvalue weighted by Crippen LogP contribution is -1.95. The van der Waals surface area contributed by atoms with Crippen molar-refractivity contribution in [3.8, 4) is 0 Å². The first-order valence-electron chi connectivity index (χ1n) is 2.35. The largest absolute Gasteiger partial charge is 0.466 e. The molecule has 0 radical (unpaired) electrons. The second-order valence-corrected chi connectivity index (χ2v) is 0.925. The van der Waals surface area contributed by atoms with Crippen molar-refractivity contribution < 1.29 is 14.6 Å². The number of aliphatic hydroxyl groups is 1. The predicted molar refractivity (Wildman–Crippen MR) is 30.4 cm³/mol. The number of rotatable bonds is 1. The molecule has 50 valence electrons. The van der Waals surface area contributed by atoms with Crippen molar-refractivity contribution in [2.24, 2.45) is 0 Å². The monoisotopic (exact) mass is 120 g/mol. The number of carbonyl (C=O) groups excluding carboxylic acids is 1. The number of esters is 1. The van der Waals surface area contributed by atoms with E-state index in [9.17, 15) is 4.79 Å². The van der Waals surface area contributed by atoms with E-state index in [1.165, 1.54) is 6.92 Å². The van der Waals surface area contributed by atoms with Gasteiger partial charge >= 0.3 is 5.97 Å². The number of hydrogen-bond acceptors (Lipinski definition) is 3. The SMILES string of the molecule is CCOC(C)=O.CO. The molecule has 0 unspecified atom stereocenters. The minimum Gasteiger partial charge on any atom is -0.466 e. The molecule has 3 heteroatoms. The van der Waals surface area contributed by atoms with Gasteiger partial charge < -0.3 is 9.84 Å². The summed E-state index contributed by atoms with van der Waals surface area (Å²) in [4.78, 5) is 9.82. The van der Waals surface area contributed by atoms with E-state index in [1.807, 2.05) is 0 Å². The maximum atomic E-state index is 9.82. The summed E-state index contributed by atoms with van der Waals surface area (Å²) in [6.07, 6.45) is 0. The Bertz CT molecular complexity index is 51.6. The number of hydrogen-bond donors (Lipinski definition) is 1. The fourth-order valence-electron chi connectivity index (χ4n) is 0.203. The van der Waals surface area contributed by atoms with E-state index in [4.69, 9.17) is 5.11 Å². The molecule has 0 rings (SSSR count). The van der Waals surface area contributed by atoms with Gasteiger partial charge in [-0.15, -0.1) is 0 Å². The van der Waals surface area contributed by atoms with Crippen LogP contribution in [0.3, 0.4) is 0 Å². The fraction of sp³-hybridized carbons (Fsp3) is 0.800. The number of ether oxygens (including phenoxy) is 1. The van der Waals surface area contributed by atoms with Crippen molar-refractivity contribution in [1.82, 2.24) is 0 Å². The molecular weight excluding hydrogens is 108 g/mol. The Labute approximate surface area is 49.3 Å². The maximum absolute atomic E-state index is 9.82. The zero-order chi connectivity index (χ0) is 6.99. The van der Waals surface area contributed by atoms with Crippen LogP contribution in [0, 0.1) is 0 Å². The molecule has 8 heavy (non-hydrogen) atoms. The van der Waals surface area contributed by atoms with E-state index < -0.39 is 0 Å². The third-order valence-corrected chi connectivity index (χ3v) is 0.348. The van der Waals surface area contributed by atoms with Crippen LogP contribution in [0.25, 0.3) is 0 Å². The van der Waals surface area contributed by atoms with Crippen LogP contribution in [-0.2, 0) is 9.53 Å². The molecule has 0 fully saturated rings. The topological polar surface area (TPSA) is 46.5 Å². The first-order valence-corrected chi connectivity index (χ1v) is 2.35. The van der Waals surface area contributed by atoms with Gasteiger partial charge in [-0.3, -0.25) is 4.79 Å². The van der Waals surface area contributed by atoms with E-state index >= 15 is 0 Å². The van der Waals surface area contributed by atoms with Gasteiger partial charge in [0.25, 0.3) is 0 Å². The molecular formula is C5H12O3. The predicted octanol–water partition coefficient (Wildman–Crippen LogP) is 0.178. The summed E-state index contributed by atoms with van der Waals surface area (Å²) in [7, 11) is 1.00. The minimum absolute atomic E-state index is 0.211. The third kappa shape index (κ3) is 18.0. The second-order valence-electron chi connectivity index (χ2n) is 0.925. The molecule has 0 saturated heterocycles. The quantitative estimate of drug-likeness (QED) is 0.502. The van der Waals surface area contributed by atoms with Crippen LogP contribution in [0.15, 0.2) is 0 Å². The van der Waals surface area contributed by atoms with Crippen molar-refractivity contribution in [1.29, 1.82) is 0 Å². The molecule has 0 bridgehead atoms. The molecule has 0 aliphatic heterocycles. The van der Waals surface area contributed by atoms with Crippen molar-refractivity contribution >= 4 is 5.97 Å². The highest BCUT2D eigenvalue weighted by Crippen LogP contribution is 1.69. The van der Waals surface area contributed by atoms with Gasteiger partial charge in [0.1, 0.15) is 0 Å². The Hall–Kier alpha value is -0.570. The smallest absolute Gasteiger partial charge is 0.302 e. The fourth-order valence-corrected chi connectivity index (χ4v) is 0.203. The van der Waals surface area contributed by atoms with Crippen LogP contribution in [0.4, 0.5) is 0 Å². The molecule has 0 aromatic rings. The zero-order valence-corrected chi connectivity index (χ0v) is 5.47. The van der Waals surface area contributed by atoms with E-state index in [0.29, 0.717) is 6.61 Å². The van der Waals surface area contributed by atoms with Crippen molar-refractivity contribution in [3.63, 3.8) is 0 Å². The van der Waals surface area contributed by atoms with Gasteiger partial charge in [0, 0.05) is 14.0 Å². The zero-order valence-electron chi connectivity index (χ0n) is 5.47. The molecule has 1 N–H and O–H groups in total. The van der Waals surface area contributed by atoms with Crippen molar-refractivity contribution in [3.05, 3.63) is 0 Å². The minimum atomic E-state index is -0.211. The van der Waals surface area contributed by atoms with Crippen LogP contribution >= 0.6 is 0 Å². The molecule has 3 nitrogen and oxygen atoms in total. The summed E-state index contributed by atoms with van der Waals surface area (Å²) in [5, 5.41) is 7.00. The lowest BCUT2D eigenvalue weighted by molar-refractivity contribution is -0.140. The molecule has 0 aromatic heterocycles. The van der Waals surface area contributed by atoms with Gasteiger partial charge in [0.2, 0.25) is 0 Å². The van der Waals surface area contributed by atoms with Gasteiger partial charge in [-0.1, -0.05) is 0 Å². The van der Waals surface area contributed by atoms with Gasteiger partial charge in [-0.2, -0.15) is 0 Å². The van der Waals surface area contributed by atoms with Crippen molar-refractivity contribution in [2.45, 2.75) is 13.8 Å². The lowest BCUT2D eigenvalue weighted by atomic mass is 10.8. The lowest BCUT2D eigenvalue weighted by Gasteiger charge is -1.89. The van der Waals surface area contributed by atoms with Gasteiger partial charge in [-0.25, -0.2) is 0 Å². The number of aliphatic hydroxyl groups excluding tert-OH is 1. The van der Waals surface area contributed by atoms with Crippen molar-refractivity contribution in [2.75, 3.05) is 13.7 Å². The first-order chi connectivity index (χ1) is 3.77. The molecule has 0 spiro atoms. The highest BCUT2D eigenvalue weighted by Gasteiger charge is 1.81. The second kappa shape index (κ2) is 9.66. The molecule has 0 heterocycles. The molecule has 0 atom stereocenters. The molecule has 0 aliphatic carbocycles. The normalized spacial score (nSPS) is 6.50. The highest BCUT2D eigenvalue weighted by atomic mass is 16.5.